The van der Waals surface area contributed by atoms with Gasteiger partial charge in [0, 0.05) is 57.5 Å². The Kier molecular flexibility index (Phi) is 6.71. The zero-order chi connectivity index (χ0) is 14.9. The van der Waals surface area contributed by atoms with Crippen molar-refractivity contribution in [2.24, 2.45) is 10.8 Å². The summed E-state index contributed by atoms with van der Waals surface area (Å²) < 4.78 is 5.30. The Morgan fingerprint density at radius 3 is 2.90 bits per heavy atom. The van der Waals surface area contributed by atoms with E-state index < -0.39 is 0 Å². The van der Waals surface area contributed by atoms with Crippen molar-refractivity contribution in [3.8, 4) is 0 Å². The highest BCUT2D eigenvalue weighted by molar-refractivity contribution is 7.13. The second-order valence-electron chi connectivity index (χ2n) is 4.69. The molecule has 0 spiro atoms. The lowest BCUT2D eigenvalue weighted by atomic mass is 10.3. The summed E-state index contributed by atoms with van der Waals surface area (Å²) in [7, 11) is 0. The zero-order valence-electron chi connectivity index (χ0n) is 12.5. The molecule has 1 aliphatic heterocycles. The minimum Gasteiger partial charge on any atom is -0.382 e. The Balaban J connectivity index is 1.77. The molecule has 0 aliphatic carbocycles. The molecular weight excluding hydrogens is 288 g/mol. The lowest BCUT2D eigenvalue weighted by Crippen LogP contribution is -2.54. The van der Waals surface area contributed by atoms with Crippen LogP contribution in [0.5, 0.6) is 0 Å². The number of aliphatic imine (C=N–C) groups is 1. The fraction of sp³-hybridized carbons (Fsp3) is 0.692. The Bertz CT molecular complexity index is 416. The van der Waals surface area contributed by atoms with E-state index in [2.05, 4.69) is 25.2 Å². The number of nitrogens with zero attached hydrogens (tertiary/aromatic N) is 4. The monoisotopic (exact) mass is 312 g/mol. The molecule has 1 aromatic heterocycles. The summed E-state index contributed by atoms with van der Waals surface area (Å²) in [4.78, 5) is 13.4. The van der Waals surface area contributed by atoms with Crippen molar-refractivity contribution < 1.29 is 4.74 Å². The summed E-state index contributed by atoms with van der Waals surface area (Å²) in [6, 6.07) is 0. The van der Waals surface area contributed by atoms with E-state index in [1.54, 1.807) is 11.3 Å². The van der Waals surface area contributed by atoms with Crippen LogP contribution in [0.3, 0.4) is 0 Å². The van der Waals surface area contributed by atoms with Crippen molar-refractivity contribution in [1.82, 2.24) is 15.3 Å². The maximum Gasteiger partial charge on any atom is 0.208 e. The minimum absolute atomic E-state index is 0.728. The second-order valence-corrected chi connectivity index (χ2v) is 5.56. The molecule has 0 bridgehead atoms. The van der Waals surface area contributed by atoms with Crippen LogP contribution in [-0.4, -0.2) is 61.8 Å². The topological polar surface area (TPSA) is 79.0 Å². The summed E-state index contributed by atoms with van der Waals surface area (Å²) >= 11 is 1.68. The largest absolute Gasteiger partial charge is 0.382 e. The molecule has 1 fully saturated rings. The molecule has 1 saturated heterocycles. The first kappa shape index (κ1) is 16.0. The van der Waals surface area contributed by atoms with Gasteiger partial charge in [-0.1, -0.05) is 0 Å². The normalized spacial score (nSPS) is 16.4. The molecule has 8 heteroatoms. The number of rotatable bonds is 6. The molecule has 0 atom stereocenters. The highest BCUT2D eigenvalue weighted by Gasteiger charge is 2.20. The van der Waals surface area contributed by atoms with Crippen molar-refractivity contribution in [3.63, 3.8) is 0 Å². The van der Waals surface area contributed by atoms with Crippen LogP contribution in [0.15, 0.2) is 16.6 Å². The maximum absolute atomic E-state index is 5.60. The Hall–Kier alpha value is -1.38. The second kappa shape index (κ2) is 8.81. The lowest BCUT2D eigenvalue weighted by molar-refractivity contribution is 0.146. The van der Waals surface area contributed by atoms with E-state index in [-0.39, 0.29) is 0 Å². The number of nitrogens with two attached hydrogens (primary N) is 1. The number of hydrazine groups is 1. The number of aromatic nitrogens is 1. The van der Waals surface area contributed by atoms with Gasteiger partial charge in [-0.05, 0) is 13.3 Å². The van der Waals surface area contributed by atoms with Crippen LogP contribution in [0.2, 0.25) is 0 Å². The van der Waals surface area contributed by atoms with Gasteiger partial charge in [0.05, 0.1) is 0 Å². The van der Waals surface area contributed by atoms with Gasteiger partial charge in [-0.15, -0.1) is 11.3 Å². The molecule has 21 heavy (non-hydrogen) atoms. The summed E-state index contributed by atoms with van der Waals surface area (Å²) in [6.07, 6.45) is 2.76. The zero-order valence-corrected chi connectivity index (χ0v) is 13.3. The predicted molar refractivity (Wildman–Crippen MR) is 86.6 cm³/mol. The fourth-order valence-electron chi connectivity index (χ4n) is 2.21. The molecule has 1 aromatic rings. The smallest absolute Gasteiger partial charge is 0.208 e. The van der Waals surface area contributed by atoms with Crippen LogP contribution < -0.4 is 16.2 Å². The third-order valence-electron chi connectivity index (χ3n) is 3.31. The standard InChI is InChI=1S/C13H24N6OS/c1-2-20-10-3-4-15-12(17-14)18-6-8-19(9-7-18)13-16-5-11-21-13/h5,11H,2-4,6-10,14H2,1H3,(H,15,17). The van der Waals surface area contributed by atoms with Crippen LogP contribution in [0, 0.1) is 0 Å². The lowest BCUT2D eigenvalue weighted by Gasteiger charge is -2.35. The fourth-order valence-corrected chi connectivity index (χ4v) is 2.91. The van der Waals surface area contributed by atoms with E-state index in [1.807, 2.05) is 18.5 Å². The van der Waals surface area contributed by atoms with Crippen molar-refractivity contribution in [1.29, 1.82) is 0 Å². The molecule has 0 radical (unpaired) electrons. The van der Waals surface area contributed by atoms with Gasteiger partial charge < -0.3 is 14.5 Å². The number of ether oxygens (including phenoxy) is 1. The van der Waals surface area contributed by atoms with E-state index in [9.17, 15) is 0 Å². The van der Waals surface area contributed by atoms with Gasteiger partial charge in [-0.3, -0.25) is 10.4 Å². The van der Waals surface area contributed by atoms with Gasteiger partial charge in [0.25, 0.3) is 0 Å². The first-order valence-corrected chi connectivity index (χ1v) is 8.21. The van der Waals surface area contributed by atoms with Crippen LogP contribution in [0.1, 0.15) is 13.3 Å². The number of nitrogens with one attached hydrogen (secondary N) is 1. The quantitative estimate of drug-likeness (QED) is 0.262. The van der Waals surface area contributed by atoms with Crippen molar-refractivity contribution >= 4 is 22.4 Å². The number of hydrogen-bond acceptors (Lipinski definition) is 6. The van der Waals surface area contributed by atoms with E-state index in [1.165, 1.54) is 0 Å². The summed E-state index contributed by atoms with van der Waals surface area (Å²) in [5, 5.41) is 3.10. The van der Waals surface area contributed by atoms with E-state index in [4.69, 9.17) is 10.6 Å². The molecular formula is C13H24N6OS. The first-order valence-electron chi connectivity index (χ1n) is 7.33. The highest BCUT2D eigenvalue weighted by atomic mass is 32.1. The van der Waals surface area contributed by atoms with E-state index in [0.29, 0.717) is 0 Å². The van der Waals surface area contributed by atoms with Gasteiger partial charge >= 0.3 is 0 Å². The Labute approximate surface area is 129 Å². The minimum atomic E-state index is 0.728. The summed E-state index contributed by atoms with van der Waals surface area (Å²) in [5.74, 6) is 6.36. The van der Waals surface area contributed by atoms with Gasteiger partial charge in [-0.25, -0.2) is 10.8 Å². The van der Waals surface area contributed by atoms with Gasteiger partial charge in [0.15, 0.2) is 5.13 Å². The molecule has 0 aromatic carbocycles. The van der Waals surface area contributed by atoms with Gasteiger partial charge in [-0.2, -0.15) is 0 Å². The molecule has 0 saturated carbocycles. The van der Waals surface area contributed by atoms with Crippen molar-refractivity contribution in [3.05, 3.63) is 11.6 Å². The predicted octanol–water partition coefficient (Wildman–Crippen LogP) is 0.511. The number of piperazine rings is 1. The molecule has 0 unspecified atom stereocenters. The van der Waals surface area contributed by atoms with Crippen LogP contribution in [0.25, 0.3) is 0 Å². The number of anilines is 1. The van der Waals surface area contributed by atoms with Crippen LogP contribution >= 0.6 is 11.3 Å². The average molecular weight is 312 g/mol. The van der Waals surface area contributed by atoms with Crippen molar-refractivity contribution in [2.45, 2.75) is 13.3 Å². The van der Waals surface area contributed by atoms with E-state index in [0.717, 1.165) is 63.4 Å². The Morgan fingerprint density at radius 2 is 2.29 bits per heavy atom. The van der Waals surface area contributed by atoms with E-state index >= 15 is 0 Å². The molecule has 0 amide bonds. The van der Waals surface area contributed by atoms with Crippen molar-refractivity contribution in [2.75, 3.05) is 50.8 Å². The molecule has 1 aliphatic rings. The van der Waals surface area contributed by atoms with Crippen LogP contribution in [0.4, 0.5) is 5.13 Å². The highest BCUT2D eigenvalue weighted by Crippen LogP contribution is 2.18. The maximum atomic E-state index is 5.60. The molecule has 7 nitrogen and oxygen atoms in total. The van der Waals surface area contributed by atoms with Crippen LogP contribution in [-0.2, 0) is 4.74 Å². The van der Waals surface area contributed by atoms with Gasteiger partial charge in [0.1, 0.15) is 0 Å². The number of thiazole rings is 1. The molecule has 118 valence electrons. The third-order valence-corrected chi connectivity index (χ3v) is 4.14. The van der Waals surface area contributed by atoms with Gasteiger partial charge in [0.2, 0.25) is 5.96 Å². The average Bonchev–Trinajstić information content (AvgIpc) is 3.06. The first-order chi connectivity index (χ1) is 10.3. The summed E-state index contributed by atoms with van der Waals surface area (Å²) in [5.41, 5.74) is 2.72. The number of guanidine groups is 1. The Morgan fingerprint density at radius 1 is 1.48 bits per heavy atom. The molecule has 2 rings (SSSR count). The number of hydrogen-bond donors (Lipinski definition) is 2. The SMILES string of the molecule is CCOCCCN=C(NN)N1CCN(c2nccs2)CC1. The molecule has 3 N–H and O–H groups in total. The molecule has 2 heterocycles. The summed E-state index contributed by atoms with van der Waals surface area (Å²) in [6.45, 7) is 7.90. The third kappa shape index (κ3) is 4.83.